The van der Waals surface area contributed by atoms with Crippen molar-refractivity contribution < 1.29 is 27.9 Å². The van der Waals surface area contributed by atoms with Crippen molar-refractivity contribution in [3.05, 3.63) is 71.3 Å². The molecule has 2 atom stereocenters. The smallest absolute Gasteiger partial charge is 0.279 e. The van der Waals surface area contributed by atoms with Crippen LogP contribution in [0.2, 0.25) is 0 Å². The fraction of sp³-hybridized carbons (Fsp3) is 0.316. The van der Waals surface area contributed by atoms with E-state index in [1.165, 1.54) is 6.07 Å². The molecule has 28 heavy (non-hydrogen) atoms. The Kier molecular flexibility index (Phi) is 6.57. The van der Waals surface area contributed by atoms with Gasteiger partial charge in [-0.3, -0.25) is 14.2 Å². The standard InChI is InChI=1S/C19H21F2N2O4P/c20-16-9-8-15(17(21)11-16)12-22-28(25,26)18-7-4-10-23(19(18)24)27-13-14-5-2-1-3-6-14/h1-3,5-6,8-9,11,18H,4,7,10,12-13H2,(H2,22,25,26). The third-order valence-electron chi connectivity index (χ3n) is 4.53. The van der Waals surface area contributed by atoms with Gasteiger partial charge in [0.25, 0.3) is 13.4 Å². The van der Waals surface area contributed by atoms with Gasteiger partial charge < -0.3 is 4.89 Å². The zero-order valence-corrected chi connectivity index (χ0v) is 15.9. The second kappa shape index (κ2) is 8.92. The number of carbonyl (C=O) groups excluding carboxylic acids is 1. The summed E-state index contributed by atoms with van der Waals surface area (Å²) in [6, 6.07) is 12.2. The summed E-state index contributed by atoms with van der Waals surface area (Å²) < 4.78 is 39.4. The van der Waals surface area contributed by atoms with Crippen LogP contribution in [0.15, 0.2) is 48.5 Å². The first kappa shape index (κ1) is 20.6. The number of hydroxylamine groups is 2. The quantitative estimate of drug-likeness (QED) is 0.685. The van der Waals surface area contributed by atoms with Crippen molar-refractivity contribution in [1.29, 1.82) is 0 Å². The first-order valence-electron chi connectivity index (χ1n) is 8.86. The minimum Gasteiger partial charge on any atom is -0.333 e. The Morgan fingerprint density at radius 3 is 2.68 bits per heavy atom. The number of benzene rings is 2. The summed E-state index contributed by atoms with van der Waals surface area (Å²) in [4.78, 5) is 28.5. The van der Waals surface area contributed by atoms with E-state index in [1.54, 1.807) is 0 Å². The molecule has 0 radical (unpaired) electrons. The molecule has 9 heteroatoms. The maximum absolute atomic E-state index is 13.7. The molecule has 1 amide bonds. The number of halogens is 2. The topological polar surface area (TPSA) is 78.9 Å². The van der Waals surface area contributed by atoms with Crippen LogP contribution in [-0.2, 0) is 27.3 Å². The number of piperidine rings is 1. The summed E-state index contributed by atoms with van der Waals surface area (Å²) in [7, 11) is -4.14. The number of rotatable bonds is 7. The van der Waals surface area contributed by atoms with Crippen LogP contribution >= 0.6 is 7.52 Å². The van der Waals surface area contributed by atoms with E-state index < -0.39 is 30.7 Å². The van der Waals surface area contributed by atoms with Crippen molar-refractivity contribution in [2.24, 2.45) is 0 Å². The Hall–Kier alpha value is -2.12. The molecule has 1 fully saturated rings. The van der Waals surface area contributed by atoms with Crippen LogP contribution in [0.5, 0.6) is 0 Å². The lowest BCUT2D eigenvalue weighted by molar-refractivity contribution is -0.196. The molecule has 150 valence electrons. The van der Waals surface area contributed by atoms with Gasteiger partial charge in [0.15, 0.2) is 0 Å². The number of nitrogens with zero attached hydrogens (tertiary/aromatic N) is 1. The highest BCUT2D eigenvalue weighted by Crippen LogP contribution is 2.46. The highest BCUT2D eigenvalue weighted by molar-refractivity contribution is 7.57. The van der Waals surface area contributed by atoms with E-state index in [0.717, 1.165) is 16.7 Å². The second-order valence-corrected chi connectivity index (χ2v) is 8.74. The molecule has 1 aliphatic heterocycles. The van der Waals surface area contributed by atoms with E-state index in [-0.39, 0.29) is 25.1 Å². The molecule has 2 N–H and O–H groups in total. The Morgan fingerprint density at radius 2 is 1.96 bits per heavy atom. The lowest BCUT2D eigenvalue weighted by Crippen LogP contribution is -2.45. The van der Waals surface area contributed by atoms with Gasteiger partial charge in [0.2, 0.25) is 0 Å². The fourth-order valence-electron chi connectivity index (χ4n) is 2.98. The monoisotopic (exact) mass is 410 g/mol. The Morgan fingerprint density at radius 1 is 1.21 bits per heavy atom. The van der Waals surface area contributed by atoms with Crippen LogP contribution in [0.4, 0.5) is 8.78 Å². The molecule has 0 aliphatic carbocycles. The highest BCUT2D eigenvalue weighted by atomic mass is 31.2. The molecule has 2 aromatic carbocycles. The molecule has 3 rings (SSSR count). The number of nitrogens with one attached hydrogen (secondary N) is 1. The average Bonchev–Trinajstić information content (AvgIpc) is 2.67. The van der Waals surface area contributed by atoms with Gasteiger partial charge in [-0.15, -0.1) is 0 Å². The zero-order valence-electron chi connectivity index (χ0n) is 15.1. The van der Waals surface area contributed by atoms with Crippen molar-refractivity contribution >= 4 is 13.4 Å². The lowest BCUT2D eigenvalue weighted by atomic mass is 10.1. The van der Waals surface area contributed by atoms with E-state index in [9.17, 15) is 23.0 Å². The largest absolute Gasteiger partial charge is 0.333 e. The van der Waals surface area contributed by atoms with Gasteiger partial charge in [0.05, 0.1) is 0 Å². The van der Waals surface area contributed by atoms with Gasteiger partial charge in [-0.2, -0.15) is 0 Å². The van der Waals surface area contributed by atoms with Crippen LogP contribution in [0, 0.1) is 11.6 Å². The fourth-order valence-corrected chi connectivity index (χ4v) is 4.56. The van der Waals surface area contributed by atoms with Gasteiger partial charge in [-0.05, 0) is 24.5 Å². The van der Waals surface area contributed by atoms with Crippen LogP contribution in [0.25, 0.3) is 0 Å². The molecule has 0 bridgehead atoms. The number of hydrogen-bond acceptors (Lipinski definition) is 3. The average molecular weight is 410 g/mol. The van der Waals surface area contributed by atoms with Gasteiger partial charge in [0, 0.05) is 24.7 Å². The van der Waals surface area contributed by atoms with Crippen LogP contribution in [0.3, 0.4) is 0 Å². The van der Waals surface area contributed by atoms with Crippen LogP contribution in [-0.4, -0.2) is 28.1 Å². The van der Waals surface area contributed by atoms with E-state index in [2.05, 4.69) is 5.09 Å². The summed E-state index contributed by atoms with van der Waals surface area (Å²) in [6.45, 7) is 0.201. The van der Waals surface area contributed by atoms with Crippen molar-refractivity contribution in [3.8, 4) is 0 Å². The predicted octanol–water partition coefficient (Wildman–Crippen LogP) is 3.36. The Balaban J connectivity index is 1.62. The van der Waals surface area contributed by atoms with E-state index in [1.807, 2.05) is 30.3 Å². The summed E-state index contributed by atoms with van der Waals surface area (Å²) in [5, 5.41) is 3.49. The van der Waals surface area contributed by atoms with Crippen LogP contribution in [0.1, 0.15) is 24.0 Å². The normalized spacial score (nSPS) is 19.5. The summed E-state index contributed by atoms with van der Waals surface area (Å²) in [6.07, 6.45) is 0.721. The molecule has 1 heterocycles. The molecule has 2 unspecified atom stereocenters. The van der Waals surface area contributed by atoms with Crippen molar-refractivity contribution in [2.75, 3.05) is 6.54 Å². The summed E-state index contributed by atoms with van der Waals surface area (Å²) in [5.74, 6) is -2.14. The molecular formula is C19H21F2N2O4P. The minimum atomic E-state index is -4.14. The molecule has 1 aliphatic rings. The Labute approximate surface area is 161 Å². The third-order valence-corrected chi connectivity index (χ3v) is 6.47. The molecular weight excluding hydrogens is 389 g/mol. The van der Waals surface area contributed by atoms with Gasteiger partial charge in [-0.25, -0.2) is 18.9 Å². The maximum atomic E-state index is 13.7. The summed E-state index contributed by atoms with van der Waals surface area (Å²) in [5.41, 5.74) is -0.272. The third kappa shape index (κ3) is 5.02. The van der Waals surface area contributed by atoms with Crippen molar-refractivity contribution in [3.63, 3.8) is 0 Å². The lowest BCUT2D eigenvalue weighted by Gasteiger charge is -2.33. The van der Waals surface area contributed by atoms with Gasteiger partial charge >= 0.3 is 0 Å². The van der Waals surface area contributed by atoms with Crippen molar-refractivity contribution in [1.82, 2.24) is 10.2 Å². The minimum absolute atomic E-state index is 0.0381. The number of hydrogen-bond donors (Lipinski definition) is 2. The molecule has 0 aromatic heterocycles. The molecule has 2 aromatic rings. The molecule has 6 nitrogen and oxygen atoms in total. The van der Waals surface area contributed by atoms with Gasteiger partial charge in [0.1, 0.15) is 23.9 Å². The van der Waals surface area contributed by atoms with Crippen LogP contribution < -0.4 is 5.09 Å². The van der Waals surface area contributed by atoms with Crippen molar-refractivity contribution in [2.45, 2.75) is 31.7 Å². The van der Waals surface area contributed by atoms with E-state index in [4.69, 9.17) is 4.84 Å². The second-order valence-electron chi connectivity index (χ2n) is 6.55. The zero-order chi connectivity index (χ0) is 20.1. The SMILES string of the molecule is O=C1C(P(=O)(O)NCc2ccc(F)cc2F)CCCN1OCc1ccccc1. The highest BCUT2D eigenvalue weighted by Gasteiger charge is 2.42. The van der Waals surface area contributed by atoms with Gasteiger partial charge in [-0.1, -0.05) is 36.4 Å². The maximum Gasteiger partial charge on any atom is 0.279 e. The Bertz CT molecular complexity index is 881. The number of amides is 1. The molecule has 0 saturated carbocycles. The first-order chi connectivity index (χ1) is 13.4. The van der Waals surface area contributed by atoms with E-state index >= 15 is 0 Å². The molecule has 1 saturated heterocycles. The first-order valence-corrected chi connectivity index (χ1v) is 10.6. The summed E-state index contributed by atoms with van der Waals surface area (Å²) >= 11 is 0. The molecule has 0 spiro atoms. The number of carbonyl (C=O) groups is 1. The van der Waals surface area contributed by atoms with E-state index in [0.29, 0.717) is 19.0 Å². The predicted molar refractivity (Wildman–Crippen MR) is 99.0 cm³/mol.